The largest absolute Gasteiger partial charge is 0.616 e. The topological polar surface area (TPSA) is 49.1 Å². The molecule has 2 rings (SSSR count). The van der Waals surface area contributed by atoms with E-state index < -0.39 is 11.2 Å². The van der Waals surface area contributed by atoms with Crippen LogP contribution in [0.15, 0.2) is 18.2 Å². The maximum Gasteiger partial charge on any atom is 0.130 e. The molecule has 75 valence electrons. The van der Waals surface area contributed by atoms with Crippen LogP contribution in [0.1, 0.15) is 23.5 Å². The van der Waals surface area contributed by atoms with Gasteiger partial charge in [0.05, 0.1) is 6.26 Å². The highest BCUT2D eigenvalue weighted by Gasteiger charge is 2.27. The molecule has 2 atom stereocenters. The first-order valence-corrected chi connectivity index (χ1v) is 6.41. The molecule has 1 aliphatic carbocycles. The van der Waals surface area contributed by atoms with E-state index in [-0.39, 0.29) is 0 Å². The lowest BCUT2D eigenvalue weighted by atomic mass is 10.0. The molecule has 0 spiro atoms. The molecule has 1 aliphatic rings. The van der Waals surface area contributed by atoms with Gasteiger partial charge in [-0.05, 0) is 36.5 Å². The van der Waals surface area contributed by atoms with Crippen molar-refractivity contribution in [3.63, 3.8) is 0 Å². The van der Waals surface area contributed by atoms with Crippen molar-refractivity contribution in [2.24, 2.45) is 0 Å². The fraction of sp³-hybridized carbons (Fsp3) is 0.364. The second-order valence-corrected chi connectivity index (χ2v) is 5.19. The summed E-state index contributed by atoms with van der Waals surface area (Å²) >= 11 is -0.793. The number of hydrogen-bond acceptors (Lipinski definition) is 2. The number of anilines is 1. The summed E-state index contributed by atoms with van der Waals surface area (Å²) in [5.41, 5.74) is 8.92. The second kappa shape index (κ2) is 3.83. The van der Waals surface area contributed by atoms with E-state index in [2.05, 4.69) is 12.5 Å². The fourth-order valence-corrected chi connectivity index (χ4v) is 2.34. The van der Waals surface area contributed by atoms with Gasteiger partial charge in [0.2, 0.25) is 0 Å². The second-order valence-electron chi connectivity index (χ2n) is 3.75. The summed E-state index contributed by atoms with van der Waals surface area (Å²) in [5, 5.41) is 0. The van der Waals surface area contributed by atoms with Crippen LogP contribution in [0.2, 0.25) is 0 Å². The maximum atomic E-state index is 11.2. The normalized spacial score (nSPS) is 18.1. The van der Waals surface area contributed by atoms with Crippen LogP contribution in [0.3, 0.4) is 0 Å². The first kappa shape index (κ1) is 9.87. The van der Waals surface area contributed by atoms with Crippen LogP contribution in [-0.2, 0) is 16.9 Å². The minimum Gasteiger partial charge on any atom is -0.616 e. The van der Waals surface area contributed by atoms with Gasteiger partial charge in [-0.1, -0.05) is 17.2 Å². The van der Waals surface area contributed by atoms with Gasteiger partial charge in [-0.2, -0.15) is 0 Å². The average molecular weight is 208 g/mol. The summed E-state index contributed by atoms with van der Waals surface area (Å²) in [5.74, 6) is 1.19. The number of rotatable bonds is 3. The van der Waals surface area contributed by atoms with Gasteiger partial charge in [-0.25, -0.2) is 0 Å². The Balaban J connectivity index is 2.28. The molecule has 3 heteroatoms. The van der Waals surface area contributed by atoms with E-state index in [0.717, 1.165) is 17.7 Å². The molecule has 1 radical (unpaired) electrons. The molecule has 2 unspecified atom stereocenters. The van der Waals surface area contributed by atoms with E-state index in [1.807, 2.05) is 12.1 Å². The third-order valence-electron chi connectivity index (χ3n) is 2.40. The van der Waals surface area contributed by atoms with Gasteiger partial charge < -0.3 is 10.3 Å². The Morgan fingerprint density at radius 1 is 1.57 bits per heavy atom. The van der Waals surface area contributed by atoms with Gasteiger partial charge in [0.1, 0.15) is 5.75 Å². The number of nitrogens with two attached hydrogens (primary N) is 1. The smallest absolute Gasteiger partial charge is 0.130 e. The zero-order valence-electron chi connectivity index (χ0n) is 8.19. The molecule has 1 aromatic rings. The Morgan fingerprint density at radius 3 is 2.86 bits per heavy atom. The minimum absolute atomic E-state index is 0.578. The predicted octanol–water partition coefficient (Wildman–Crippen LogP) is 1.84. The highest BCUT2D eigenvalue weighted by molar-refractivity contribution is 7.89. The van der Waals surface area contributed by atoms with Gasteiger partial charge in [-0.15, -0.1) is 0 Å². The molecule has 0 heterocycles. The summed E-state index contributed by atoms with van der Waals surface area (Å²) in [6.07, 6.45) is 5.13. The summed E-state index contributed by atoms with van der Waals surface area (Å²) < 4.78 is 11.2. The Labute approximate surface area is 87.7 Å². The molecule has 0 aliphatic heterocycles. The summed E-state index contributed by atoms with van der Waals surface area (Å²) in [6, 6.07) is 5.93. The van der Waals surface area contributed by atoms with E-state index >= 15 is 0 Å². The van der Waals surface area contributed by atoms with Crippen LogP contribution >= 0.6 is 0 Å². The third kappa shape index (κ3) is 2.22. The third-order valence-corrected chi connectivity index (χ3v) is 3.11. The monoisotopic (exact) mass is 208 g/mol. The quantitative estimate of drug-likeness (QED) is 0.608. The first-order chi connectivity index (χ1) is 6.66. The molecule has 1 aromatic carbocycles. The van der Waals surface area contributed by atoms with E-state index in [4.69, 9.17) is 5.73 Å². The highest BCUT2D eigenvalue weighted by atomic mass is 32.2. The molecule has 1 fully saturated rings. The number of nitrogen functional groups attached to an aromatic ring is 1. The van der Waals surface area contributed by atoms with Crippen LogP contribution in [0, 0.1) is 6.42 Å². The van der Waals surface area contributed by atoms with Crippen molar-refractivity contribution >= 4 is 16.9 Å². The minimum atomic E-state index is -0.793. The molecule has 14 heavy (non-hydrogen) atoms. The molecule has 0 aromatic heterocycles. The lowest BCUT2D eigenvalue weighted by Crippen LogP contribution is -2.04. The zero-order chi connectivity index (χ0) is 10.1. The molecular weight excluding hydrogens is 194 g/mol. The van der Waals surface area contributed by atoms with Gasteiger partial charge in [0, 0.05) is 11.3 Å². The van der Waals surface area contributed by atoms with E-state index in [9.17, 15) is 4.55 Å². The van der Waals surface area contributed by atoms with Crippen molar-refractivity contribution in [2.75, 3.05) is 12.0 Å². The predicted molar refractivity (Wildman–Crippen MR) is 60.3 cm³/mol. The lowest BCUT2D eigenvalue weighted by molar-refractivity contribution is 0.600. The van der Waals surface area contributed by atoms with Crippen molar-refractivity contribution in [2.45, 2.75) is 18.1 Å². The van der Waals surface area contributed by atoms with Crippen LogP contribution in [-0.4, -0.2) is 10.8 Å². The van der Waals surface area contributed by atoms with Crippen molar-refractivity contribution in [1.82, 2.24) is 0 Å². The van der Waals surface area contributed by atoms with Crippen LogP contribution in [0.25, 0.3) is 0 Å². The van der Waals surface area contributed by atoms with E-state index in [0.29, 0.717) is 11.7 Å². The van der Waals surface area contributed by atoms with Crippen molar-refractivity contribution in [1.29, 1.82) is 0 Å². The highest BCUT2D eigenvalue weighted by Crippen LogP contribution is 2.41. The molecule has 0 amide bonds. The molecule has 0 saturated heterocycles. The Morgan fingerprint density at radius 2 is 2.29 bits per heavy atom. The maximum absolute atomic E-state index is 11.2. The van der Waals surface area contributed by atoms with Gasteiger partial charge in [-0.3, -0.25) is 0 Å². The Kier molecular flexibility index (Phi) is 2.70. The molecule has 0 bridgehead atoms. The first-order valence-electron chi connectivity index (χ1n) is 4.68. The van der Waals surface area contributed by atoms with Crippen molar-refractivity contribution < 1.29 is 4.55 Å². The molecule has 2 nitrogen and oxygen atoms in total. The van der Waals surface area contributed by atoms with Crippen LogP contribution in [0.5, 0.6) is 0 Å². The van der Waals surface area contributed by atoms with Gasteiger partial charge in [0.25, 0.3) is 0 Å². The standard InChI is InChI=1S/C11H14NOS/c1-14(13)7-9-6-10(12)4-5-11(9)8-2-3-8/h2,4-6,8H,3,7,12H2,1H3. The average Bonchev–Trinajstić information content (AvgIpc) is 2.86. The fourth-order valence-electron chi connectivity index (χ4n) is 1.65. The van der Waals surface area contributed by atoms with Crippen molar-refractivity contribution in [3.8, 4) is 0 Å². The molecule has 2 N–H and O–H groups in total. The summed E-state index contributed by atoms with van der Waals surface area (Å²) in [6.45, 7) is 0. The lowest BCUT2D eigenvalue weighted by Gasteiger charge is -2.10. The summed E-state index contributed by atoms with van der Waals surface area (Å²) in [7, 11) is 0. The number of benzene rings is 1. The van der Waals surface area contributed by atoms with Crippen LogP contribution in [0.4, 0.5) is 5.69 Å². The Hall–Kier alpha value is -0.670. The van der Waals surface area contributed by atoms with Crippen LogP contribution < -0.4 is 5.73 Å². The van der Waals surface area contributed by atoms with Crippen molar-refractivity contribution in [3.05, 3.63) is 35.7 Å². The SMILES string of the molecule is C[S+]([O-])Cc1cc(N)ccc1C1[CH]C1. The summed E-state index contributed by atoms with van der Waals surface area (Å²) in [4.78, 5) is 0. The van der Waals surface area contributed by atoms with E-state index in [1.54, 1.807) is 6.26 Å². The van der Waals surface area contributed by atoms with E-state index in [1.165, 1.54) is 5.56 Å². The van der Waals surface area contributed by atoms with Gasteiger partial charge >= 0.3 is 0 Å². The molecular formula is C11H14NOS. The zero-order valence-corrected chi connectivity index (χ0v) is 9.01. The van der Waals surface area contributed by atoms with Gasteiger partial charge in [0.15, 0.2) is 0 Å². The molecule has 1 saturated carbocycles. The number of hydrogen-bond donors (Lipinski definition) is 1. The Bertz CT molecular complexity index is 334.